The number of carbonyl (C=O) groups excluding carboxylic acids is 2. The third-order valence-corrected chi connectivity index (χ3v) is 3.95. The number of anilines is 1. The zero-order chi connectivity index (χ0) is 12.4. The summed E-state index contributed by atoms with van der Waals surface area (Å²) in [6.07, 6.45) is 0.286. The summed E-state index contributed by atoms with van der Waals surface area (Å²) in [5, 5.41) is 5.49. The molecule has 17 heavy (non-hydrogen) atoms. The second-order valence-electron chi connectivity index (χ2n) is 4.16. The van der Waals surface area contributed by atoms with Crippen LogP contribution in [0.3, 0.4) is 0 Å². The number of hydrogen-bond acceptors (Lipinski definition) is 2. The smallest absolute Gasteiger partial charge is 0.229 e. The standard InChI is InChI=1S/C12H13IN2O2/c1-7-2-3-9(5-10(7)13)15-12(17)8-4-11(16)14-6-8/h2-3,5,8H,4,6H2,1H3,(H,14,16)(H,15,17). The molecule has 1 aliphatic rings. The molecule has 90 valence electrons. The maximum Gasteiger partial charge on any atom is 0.229 e. The van der Waals surface area contributed by atoms with Gasteiger partial charge >= 0.3 is 0 Å². The van der Waals surface area contributed by atoms with Crippen LogP contribution in [0.5, 0.6) is 0 Å². The predicted octanol–water partition coefficient (Wildman–Crippen LogP) is 1.67. The Balaban J connectivity index is 2.03. The molecule has 1 fully saturated rings. The van der Waals surface area contributed by atoms with Crippen LogP contribution in [0, 0.1) is 16.4 Å². The minimum atomic E-state index is -0.249. The molecule has 4 nitrogen and oxygen atoms in total. The van der Waals surface area contributed by atoms with Gasteiger partial charge in [0.2, 0.25) is 11.8 Å². The van der Waals surface area contributed by atoms with Gasteiger partial charge in [-0.05, 0) is 47.2 Å². The van der Waals surface area contributed by atoms with Crippen molar-refractivity contribution in [1.82, 2.24) is 5.32 Å². The highest BCUT2D eigenvalue weighted by Gasteiger charge is 2.27. The molecule has 1 aromatic rings. The molecule has 1 unspecified atom stereocenters. The lowest BCUT2D eigenvalue weighted by Crippen LogP contribution is -2.24. The Labute approximate surface area is 113 Å². The van der Waals surface area contributed by atoms with Crippen molar-refractivity contribution in [2.75, 3.05) is 11.9 Å². The van der Waals surface area contributed by atoms with Crippen LogP contribution in [0.2, 0.25) is 0 Å². The molecule has 0 saturated carbocycles. The van der Waals surface area contributed by atoms with E-state index in [4.69, 9.17) is 0 Å². The van der Waals surface area contributed by atoms with Gasteiger partial charge in [0.1, 0.15) is 0 Å². The highest BCUT2D eigenvalue weighted by molar-refractivity contribution is 14.1. The van der Waals surface area contributed by atoms with Gasteiger partial charge in [0.25, 0.3) is 0 Å². The Morgan fingerprint density at radius 1 is 1.53 bits per heavy atom. The van der Waals surface area contributed by atoms with E-state index in [2.05, 4.69) is 33.2 Å². The highest BCUT2D eigenvalue weighted by Crippen LogP contribution is 2.18. The number of nitrogens with one attached hydrogen (secondary N) is 2. The summed E-state index contributed by atoms with van der Waals surface area (Å²) >= 11 is 2.23. The van der Waals surface area contributed by atoms with Crippen molar-refractivity contribution in [2.45, 2.75) is 13.3 Å². The van der Waals surface area contributed by atoms with Crippen molar-refractivity contribution in [2.24, 2.45) is 5.92 Å². The summed E-state index contributed by atoms with van der Waals surface area (Å²) in [5.74, 6) is -0.395. The average molecular weight is 344 g/mol. The molecule has 2 amide bonds. The lowest BCUT2D eigenvalue weighted by Gasteiger charge is -2.10. The molecule has 1 heterocycles. The third-order valence-electron chi connectivity index (χ3n) is 2.79. The number of hydrogen-bond donors (Lipinski definition) is 2. The summed E-state index contributed by atoms with van der Waals surface area (Å²) in [5.41, 5.74) is 1.96. The van der Waals surface area contributed by atoms with Gasteiger partial charge in [-0.15, -0.1) is 0 Å². The molecule has 0 spiro atoms. The zero-order valence-electron chi connectivity index (χ0n) is 9.42. The molecule has 0 bridgehead atoms. The average Bonchev–Trinajstić information content (AvgIpc) is 2.70. The first-order valence-corrected chi connectivity index (χ1v) is 6.48. The summed E-state index contributed by atoms with van der Waals surface area (Å²) in [7, 11) is 0. The maximum absolute atomic E-state index is 11.9. The second kappa shape index (κ2) is 5.03. The zero-order valence-corrected chi connectivity index (χ0v) is 11.6. The first kappa shape index (κ1) is 12.3. The van der Waals surface area contributed by atoms with Gasteiger partial charge in [0.15, 0.2) is 0 Å². The van der Waals surface area contributed by atoms with Crippen molar-refractivity contribution in [3.63, 3.8) is 0 Å². The van der Waals surface area contributed by atoms with Gasteiger partial charge in [0.05, 0.1) is 5.92 Å². The van der Waals surface area contributed by atoms with Crippen molar-refractivity contribution < 1.29 is 9.59 Å². The molecule has 0 aromatic heterocycles. The van der Waals surface area contributed by atoms with Gasteiger partial charge in [-0.1, -0.05) is 6.07 Å². The third kappa shape index (κ3) is 2.96. The lowest BCUT2D eigenvalue weighted by molar-refractivity contribution is -0.123. The molecule has 2 N–H and O–H groups in total. The van der Waals surface area contributed by atoms with E-state index in [-0.39, 0.29) is 24.2 Å². The van der Waals surface area contributed by atoms with Gasteiger partial charge in [-0.3, -0.25) is 9.59 Å². The molecule has 1 atom stereocenters. The SMILES string of the molecule is Cc1ccc(NC(=O)C2CNC(=O)C2)cc1I. The number of aryl methyl sites for hydroxylation is 1. The number of amides is 2. The molecule has 2 rings (SSSR count). The Morgan fingerprint density at radius 2 is 2.29 bits per heavy atom. The number of benzene rings is 1. The van der Waals surface area contributed by atoms with Gasteiger partial charge in [0, 0.05) is 22.2 Å². The minimum absolute atomic E-state index is 0.0522. The van der Waals surface area contributed by atoms with Crippen molar-refractivity contribution in [1.29, 1.82) is 0 Å². The number of carbonyl (C=O) groups is 2. The predicted molar refractivity (Wildman–Crippen MR) is 73.6 cm³/mol. The van der Waals surface area contributed by atoms with Crippen LogP contribution in [-0.4, -0.2) is 18.4 Å². The number of rotatable bonds is 2. The van der Waals surface area contributed by atoms with Crippen LogP contribution in [0.4, 0.5) is 5.69 Å². The lowest BCUT2D eigenvalue weighted by atomic mass is 10.1. The van der Waals surface area contributed by atoms with E-state index in [1.165, 1.54) is 5.56 Å². The summed E-state index contributed by atoms with van der Waals surface area (Å²) < 4.78 is 1.11. The first-order valence-electron chi connectivity index (χ1n) is 5.40. The molecular formula is C12H13IN2O2. The molecule has 1 saturated heterocycles. The quantitative estimate of drug-likeness (QED) is 0.802. The maximum atomic E-state index is 11.9. The Hall–Kier alpha value is -1.11. The fourth-order valence-electron chi connectivity index (χ4n) is 1.71. The van der Waals surface area contributed by atoms with Crippen molar-refractivity contribution >= 4 is 40.1 Å². The molecular weight excluding hydrogens is 331 g/mol. The van der Waals surface area contributed by atoms with Crippen molar-refractivity contribution in [3.05, 3.63) is 27.3 Å². The van der Waals surface area contributed by atoms with Gasteiger partial charge in [-0.2, -0.15) is 0 Å². The molecule has 1 aliphatic heterocycles. The van der Waals surface area contributed by atoms with Crippen LogP contribution in [0.15, 0.2) is 18.2 Å². The van der Waals surface area contributed by atoms with E-state index >= 15 is 0 Å². The fourth-order valence-corrected chi connectivity index (χ4v) is 2.22. The monoisotopic (exact) mass is 344 g/mol. The summed E-state index contributed by atoms with van der Waals surface area (Å²) in [6, 6.07) is 5.77. The van der Waals surface area contributed by atoms with Gasteiger partial charge < -0.3 is 10.6 Å². The summed E-state index contributed by atoms with van der Waals surface area (Å²) in [4.78, 5) is 22.9. The first-order chi connectivity index (χ1) is 8.06. The van der Waals surface area contributed by atoms with E-state index in [1.54, 1.807) is 0 Å². The molecule has 0 radical (unpaired) electrons. The van der Waals surface area contributed by atoms with E-state index < -0.39 is 0 Å². The minimum Gasteiger partial charge on any atom is -0.355 e. The Morgan fingerprint density at radius 3 is 2.88 bits per heavy atom. The van der Waals surface area contributed by atoms with E-state index in [0.717, 1.165) is 9.26 Å². The van der Waals surface area contributed by atoms with E-state index in [1.807, 2.05) is 25.1 Å². The number of halogens is 1. The topological polar surface area (TPSA) is 58.2 Å². The highest BCUT2D eigenvalue weighted by atomic mass is 127. The van der Waals surface area contributed by atoms with Crippen LogP contribution < -0.4 is 10.6 Å². The fraction of sp³-hybridized carbons (Fsp3) is 0.333. The van der Waals surface area contributed by atoms with E-state index in [9.17, 15) is 9.59 Å². The Bertz CT molecular complexity index is 474. The van der Waals surface area contributed by atoms with Crippen LogP contribution in [0.1, 0.15) is 12.0 Å². The molecule has 0 aliphatic carbocycles. The van der Waals surface area contributed by atoms with Crippen LogP contribution in [0.25, 0.3) is 0 Å². The second-order valence-corrected chi connectivity index (χ2v) is 5.32. The van der Waals surface area contributed by atoms with Gasteiger partial charge in [-0.25, -0.2) is 0 Å². The molecule has 5 heteroatoms. The molecule has 1 aromatic carbocycles. The van der Waals surface area contributed by atoms with Crippen LogP contribution in [-0.2, 0) is 9.59 Å². The van der Waals surface area contributed by atoms with E-state index in [0.29, 0.717) is 6.54 Å². The van der Waals surface area contributed by atoms with Crippen LogP contribution >= 0.6 is 22.6 Å². The normalized spacial score (nSPS) is 18.9. The Kier molecular flexibility index (Phi) is 3.66. The van der Waals surface area contributed by atoms with Crippen molar-refractivity contribution in [3.8, 4) is 0 Å². The summed E-state index contributed by atoms with van der Waals surface area (Å²) in [6.45, 7) is 2.46. The largest absolute Gasteiger partial charge is 0.355 e.